The largest absolute Gasteiger partial charge is 0.369 e. The number of nitriles is 2. The third kappa shape index (κ3) is 2.12. The monoisotopic (exact) mass is 337 g/mol. The lowest BCUT2D eigenvalue weighted by Crippen LogP contribution is -2.01. The summed E-state index contributed by atoms with van der Waals surface area (Å²) < 4.78 is 2.48. The van der Waals surface area contributed by atoms with Crippen molar-refractivity contribution in [2.45, 2.75) is 0 Å². The number of aromatic nitrogens is 2. The molecule has 0 amide bonds. The number of hydrogen-bond donors (Lipinski definition) is 1. The van der Waals surface area contributed by atoms with Crippen LogP contribution in [0.25, 0.3) is 16.7 Å². The molecule has 0 atom stereocenters. The van der Waals surface area contributed by atoms with Crippen molar-refractivity contribution in [1.29, 1.82) is 10.5 Å². The van der Waals surface area contributed by atoms with Crippen molar-refractivity contribution in [1.82, 2.24) is 9.55 Å². The molecule has 0 saturated carbocycles. The number of halogens is 1. The first-order chi connectivity index (χ1) is 10.1. The summed E-state index contributed by atoms with van der Waals surface area (Å²) >= 11 is 3.44. The first-order valence-corrected chi connectivity index (χ1v) is 6.81. The fourth-order valence-corrected chi connectivity index (χ4v) is 2.73. The number of rotatable bonds is 1. The van der Waals surface area contributed by atoms with Gasteiger partial charge in [-0.15, -0.1) is 0 Å². The Morgan fingerprint density at radius 2 is 1.71 bits per heavy atom. The second-order valence-electron chi connectivity index (χ2n) is 4.40. The topological polar surface area (TPSA) is 91.4 Å². The molecule has 5 nitrogen and oxygen atoms in total. The molecule has 3 rings (SSSR count). The van der Waals surface area contributed by atoms with Gasteiger partial charge in [0.25, 0.3) is 0 Å². The second kappa shape index (κ2) is 4.93. The van der Waals surface area contributed by atoms with Crippen molar-refractivity contribution in [3.63, 3.8) is 0 Å². The lowest BCUT2D eigenvalue weighted by molar-refractivity contribution is 1.10. The van der Waals surface area contributed by atoms with E-state index in [1.807, 2.05) is 0 Å². The highest BCUT2D eigenvalue weighted by Crippen LogP contribution is 2.29. The van der Waals surface area contributed by atoms with Gasteiger partial charge in [0.15, 0.2) is 0 Å². The minimum Gasteiger partial charge on any atom is -0.369 e. The smallest absolute Gasteiger partial charge is 0.205 e. The van der Waals surface area contributed by atoms with Gasteiger partial charge < -0.3 is 5.73 Å². The van der Waals surface area contributed by atoms with Crippen LogP contribution in [0.15, 0.2) is 40.9 Å². The van der Waals surface area contributed by atoms with Crippen LogP contribution in [-0.2, 0) is 0 Å². The van der Waals surface area contributed by atoms with Gasteiger partial charge in [0.05, 0.1) is 40.0 Å². The number of nitrogens with zero attached hydrogens (tertiary/aromatic N) is 4. The van der Waals surface area contributed by atoms with E-state index in [1.54, 1.807) is 41.0 Å². The average Bonchev–Trinajstić information content (AvgIpc) is 2.82. The summed E-state index contributed by atoms with van der Waals surface area (Å²) in [4.78, 5) is 4.29. The fourth-order valence-electron chi connectivity index (χ4n) is 2.17. The van der Waals surface area contributed by atoms with E-state index in [2.05, 4.69) is 33.1 Å². The number of anilines is 1. The van der Waals surface area contributed by atoms with Gasteiger partial charge in [-0.25, -0.2) is 4.98 Å². The second-order valence-corrected chi connectivity index (χ2v) is 5.25. The summed E-state index contributed by atoms with van der Waals surface area (Å²) in [5.74, 6) is 0.325. The number of nitrogen functional groups attached to an aromatic ring is 1. The van der Waals surface area contributed by atoms with E-state index in [1.165, 1.54) is 0 Å². The first-order valence-electron chi connectivity index (χ1n) is 6.02. The van der Waals surface area contributed by atoms with Gasteiger partial charge in [-0.3, -0.25) is 4.57 Å². The lowest BCUT2D eigenvalue weighted by atomic mass is 10.2. The molecule has 1 heterocycles. The van der Waals surface area contributed by atoms with Crippen LogP contribution in [0.2, 0.25) is 0 Å². The molecule has 2 aromatic carbocycles. The molecule has 0 saturated heterocycles. The number of benzene rings is 2. The highest BCUT2D eigenvalue weighted by molar-refractivity contribution is 9.10. The van der Waals surface area contributed by atoms with Crippen LogP contribution in [0.5, 0.6) is 0 Å². The zero-order chi connectivity index (χ0) is 15.0. The van der Waals surface area contributed by atoms with Gasteiger partial charge in [0, 0.05) is 4.47 Å². The van der Waals surface area contributed by atoms with Crippen molar-refractivity contribution < 1.29 is 0 Å². The van der Waals surface area contributed by atoms with Gasteiger partial charge in [-0.2, -0.15) is 10.5 Å². The van der Waals surface area contributed by atoms with E-state index in [-0.39, 0.29) is 0 Å². The Morgan fingerprint density at radius 3 is 2.38 bits per heavy atom. The fraction of sp³-hybridized carbons (Fsp3) is 0. The van der Waals surface area contributed by atoms with Crippen LogP contribution >= 0.6 is 15.9 Å². The Morgan fingerprint density at radius 1 is 1.05 bits per heavy atom. The molecule has 3 aromatic rings. The third-order valence-corrected chi connectivity index (χ3v) is 3.76. The molecule has 21 heavy (non-hydrogen) atoms. The Kier molecular flexibility index (Phi) is 3.09. The lowest BCUT2D eigenvalue weighted by Gasteiger charge is -2.09. The standard InChI is InChI=1S/C15H8BrN5/c16-11-5-9(7-17)2-4-13(11)21-14-6-10(8-18)1-3-12(14)20-15(21)19/h1-6H,(H2,19,20). The maximum atomic E-state index is 9.03. The highest BCUT2D eigenvalue weighted by atomic mass is 79.9. The predicted octanol–water partition coefficient (Wildman–Crippen LogP) is 3.11. The molecular weight excluding hydrogens is 330 g/mol. The van der Waals surface area contributed by atoms with E-state index in [9.17, 15) is 0 Å². The van der Waals surface area contributed by atoms with Gasteiger partial charge in [-0.05, 0) is 52.3 Å². The zero-order valence-corrected chi connectivity index (χ0v) is 12.3. The summed E-state index contributed by atoms with van der Waals surface area (Å²) in [7, 11) is 0. The van der Waals surface area contributed by atoms with E-state index in [4.69, 9.17) is 16.3 Å². The van der Waals surface area contributed by atoms with Gasteiger partial charge in [-0.1, -0.05) is 0 Å². The van der Waals surface area contributed by atoms with Crippen LogP contribution in [0.1, 0.15) is 11.1 Å². The third-order valence-electron chi connectivity index (χ3n) is 3.13. The molecule has 0 fully saturated rings. The molecular formula is C15H8BrN5. The van der Waals surface area contributed by atoms with Crippen LogP contribution in [0.4, 0.5) is 5.95 Å². The summed E-state index contributed by atoms with van der Waals surface area (Å²) in [6.45, 7) is 0. The van der Waals surface area contributed by atoms with Gasteiger partial charge >= 0.3 is 0 Å². The molecule has 0 radical (unpaired) electrons. The van der Waals surface area contributed by atoms with Gasteiger partial charge in [0.1, 0.15) is 0 Å². The van der Waals surface area contributed by atoms with E-state index in [0.717, 1.165) is 15.7 Å². The Bertz CT molecular complexity index is 943. The molecule has 0 aliphatic rings. The molecule has 1 aromatic heterocycles. The van der Waals surface area contributed by atoms with Gasteiger partial charge in [0.2, 0.25) is 5.95 Å². The molecule has 0 spiro atoms. The Balaban J connectivity index is 2.32. The van der Waals surface area contributed by atoms with Crippen LogP contribution in [-0.4, -0.2) is 9.55 Å². The van der Waals surface area contributed by atoms with Crippen molar-refractivity contribution >= 4 is 32.9 Å². The van der Waals surface area contributed by atoms with Crippen LogP contribution < -0.4 is 5.73 Å². The number of hydrogen-bond acceptors (Lipinski definition) is 4. The minimum atomic E-state index is 0.325. The molecule has 2 N–H and O–H groups in total. The van der Waals surface area contributed by atoms with Crippen LogP contribution in [0.3, 0.4) is 0 Å². The Hall–Kier alpha value is -2.83. The number of fused-ring (bicyclic) bond motifs is 1. The average molecular weight is 338 g/mol. The number of nitrogens with two attached hydrogens (primary N) is 1. The summed E-state index contributed by atoms with van der Waals surface area (Å²) in [6, 6.07) is 14.6. The maximum absolute atomic E-state index is 9.03. The van der Waals surface area contributed by atoms with E-state index >= 15 is 0 Å². The minimum absolute atomic E-state index is 0.325. The van der Waals surface area contributed by atoms with E-state index < -0.39 is 0 Å². The van der Waals surface area contributed by atoms with Crippen molar-refractivity contribution in [3.05, 3.63) is 52.0 Å². The molecule has 0 aliphatic heterocycles. The predicted molar refractivity (Wildman–Crippen MR) is 82.6 cm³/mol. The maximum Gasteiger partial charge on any atom is 0.205 e. The molecule has 0 bridgehead atoms. The molecule has 0 unspecified atom stereocenters. The zero-order valence-electron chi connectivity index (χ0n) is 10.7. The molecule has 0 aliphatic carbocycles. The normalized spacial score (nSPS) is 10.2. The molecule has 100 valence electrons. The highest BCUT2D eigenvalue weighted by Gasteiger charge is 2.13. The molecule has 6 heteroatoms. The first kappa shape index (κ1) is 13.2. The SMILES string of the molecule is N#Cc1ccc(-n2c(N)nc3ccc(C#N)cc32)c(Br)c1. The summed E-state index contributed by atoms with van der Waals surface area (Å²) in [6.07, 6.45) is 0. The summed E-state index contributed by atoms with van der Waals surface area (Å²) in [5.41, 5.74) is 9.31. The van der Waals surface area contributed by atoms with Crippen molar-refractivity contribution in [3.8, 4) is 17.8 Å². The quantitative estimate of drug-likeness (QED) is 0.738. The van der Waals surface area contributed by atoms with Crippen molar-refractivity contribution in [2.75, 3.05) is 5.73 Å². The van der Waals surface area contributed by atoms with Crippen molar-refractivity contribution in [2.24, 2.45) is 0 Å². The Labute approximate surface area is 129 Å². The van der Waals surface area contributed by atoms with Crippen LogP contribution in [0, 0.1) is 22.7 Å². The number of imidazole rings is 1. The van der Waals surface area contributed by atoms with E-state index in [0.29, 0.717) is 22.6 Å². The summed E-state index contributed by atoms with van der Waals surface area (Å²) in [5, 5.41) is 18.0.